The maximum atomic E-state index is 10.2. The Morgan fingerprint density at radius 3 is 2.75 bits per heavy atom. The van der Waals surface area contributed by atoms with Crippen LogP contribution in [0.2, 0.25) is 0 Å². The van der Waals surface area contributed by atoms with E-state index in [-0.39, 0.29) is 5.75 Å². The van der Waals surface area contributed by atoms with Crippen LogP contribution < -0.4 is 0 Å². The van der Waals surface area contributed by atoms with Crippen molar-refractivity contribution in [1.29, 1.82) is 0 Å². The van der Waals surface area contributed by atoms with Crippen LogP contribution >= 0.6 is 0 Å². The Morgan fingerprint density at radius 1 is 1.30 bits per heavy atom. The summed E-state index contributed by atoms with van der Waals surface area (Å²) >= 11 is 0. The molecule has 0 fully saturated rings. The molecule has 0 amide bonds. The molecular weight excluding hydrogens is 250 g/mol. The molecule has 0 atom stereocenters. The molecule has 0 bridgehead atoms. The lowest BCUT2D eigenvalue weighted by Crippen LogP contribution is -2.01. The highest BCUT2D eigenvalue weighted by atomic mass is 16.3. The zero-order valence-electron chi connectivity index (χ0n) is 11.2. The minimum Gasteiger partial charge on any atom is -0.506 e. The molecular formula is C16H15N3O. The molecule has 0 saturated carbocycles. The molecule has 4 heteroatoms. The maximum Gasteiger partial charge on any atom is 0.159 e. The van der Waals surface area contributed by atoms with E-state index in [1.54, 1.807) is 10.6 Å². The Bertz CT molecular complexity index is 775. The number of aromatic hydroxyl groups is 1. The van der Waals surface area contributed by atoms with Crippen molar-refractivity contribution in [2.75, 3.05) is 0 Å². The number of fused-ring (bicyclic) bond motifs is 1. The van der Waals surface area contributed by atoms with Crippen molar-refractivity contribution in [3.8, 4) is 5.75 Å². The van der Waals surface area contributed by atoms with Gasteiger partial charge in [-0.15, -0.1) is 0 Å². The summed E-state index contributed by atoms with van der Waals surface area (Å²) in [5.41, 5.74) is 4.22. The molecule has 4 nitrogen and oxygen atoms in total. The highest BCUT2D eigenvalue weighted by Crippen LogP contribution is 2.28. The van der Waals surface area contributed by atoms with Gasteiger partial charge in [-0.1, -0.05) is 36.9 Å². The van der Waals surface area contributed by atoms with Gasteiger partial charge in [0.05, 0.1) is 0 Å². The van der Waals surface area contributed by atoms with Gasteiger partial charge in [0.2, 0.25) is 0 Å². The van der Waals surface area contributed by atoms with Crippen molar-refractivity contribution in [2.45, 2.75) is 13.3 Å². The SMILES string of the molecule is C=C(C)c1c(O)cc(Cc2ccccc2)c2ncnn12. The van der Waals surface area contributed by atoms with Gasteiger partial charge in [0.15, 0.2) is 5.65 Å². The maximum absolute atomic E-state index is 10.2. The lowest BCUT2D eigenvalue weighted by molar-refractivity contribution is 0.467. The van der Waals surface area contributed by atoms with Crippen molar-refractivity contribution in [2.24, 2.45) is 0 Å². The third kappa shape index (κ3) is 2.05. The van der Waals surface area contributed by atoms with Crippen LogP contribution in [0.3, 0.4) is 0 Å². The van der Waals surface area contributed by atoms with E-state index in [0.717, 1.165) is 16.8 Å². The Hall–Kier alpha value is -2.62. The largest absolute Gasteiger partial charge is 0.506 e. The van der Waals surface area contributed by atoms with E-state index in [2.05, 4.69) is 28.8 Å². The van der Waals surface area contributed by atoms with E-state index in [1.165, 1.54) is 11.9 Å². The smallest absolute Gasteiger partial charge is 0.159 e. The van der Waals surface area contributed by atoms with Crippen molar-refractivity contribution < 1.29 is 5.11 Å². The minimum atomic E-state index is 0.182. The number of nitrogens with zero attached hydrogens (tertiary/aromatic N) is 3. The monoisotopic (exact) mass is 265 g/mol. The first-order valence-corrected chi connectivity index (χ1v) is 6.41. The lowest BCUT2D eigenvalue weighted by Gasteiger charge is -2.10. The number of aromatic nitrogens is 3. The van der Waals surface area contributed by atoms with Crippen LogP contribution in [0.4, 0.5) is 0 Å². The first kappa shape index (κ1) is 12.4. The van der Waals surface area contributed by atoms with E-state index in [4.69, 9.17) is 0 Å². The number of benzene rings is 1. The minimum absolute atomic E-state index is 0.182. The van der Waals surface area contributed by atoms with Crippen LogP contribution in [-0.4, -0.2) is 19.7 Å². The quantitative estimate of drug-likeness (QED) is 0.791. The Labute approximate surface area is 117 Å². The molecule has 1 aromatic carbocycles. The second-order valence-corrected chi connectivity index (χ2v) is 4.84. The van der Waals surface area contributed by atoms with Crippen LogP contribution in [0.1, 0.15) is 23.7 Å². The van der Waals surface area contributed by atoms with Gasteiger partial charge in [-0.05, 0) is 24.1 Å². The van der Waals surface area contributed by atoms with Crippen LogP contribution in [0.25, 0.3) is 11.2 Å². The zero-order chi connectivity index (χ0) is 14.1. The molecule has 100 valence electrons. The summed E-state index contributed by atoms with van der Waals surface area (Å²) in [6, 6.07) is 11.8. The predicted molar refractivity (Wildman–Crippen MR) is 78.6 cm³/mol. The fraction of sp³-hybridized carbons (Fsp3) is 0.125. The first-order chi connectivity index (χ1) is 9.66. The van der Waals surface area contributed by atoms with Gasteiger partial charge in [-0.25, -0.2) is 9.50 Å². The summed E-state index contributed by atoms with van der Waals surface area (Å²) in [6.45, 7) is 5.72. The highest BCUT2D eigenvalue weighted by Gasteiger charge is 2.14. The number of hydrogen-bond acceptors (Lipinski definition) is 3. The Kier molecular flexibility index (Phi) is 2.99. The summed E-state index contributed by atoms with van der Waals surface area (Å²) in [5, 5.41) is 14.4. The van der Waals surface area contributed by atoms with Gasteiger partial charge in [-0.2, -0.15) is 5.10 Å². The predicted octanol–water partition coefficient (Wildman–Crippen LogP) is 3.06. The molecule has 3 rings (SSSR count). The van der Waals surface area contributed by atoms with Crippen LogP contribution in [0.5, 0.6) is 5.75 Å². The third-order valence-corrected chi connectivity index (χ3v) is 3.24. The summed E-state index contributed by atoms with van der Waals surface area (Å²) < 4.78 is 1.65. The summed E-state index contributed by atoms with van der Waals surface area (Å²) in [7, 11) is 0. The molecule has 0 spiro atoms. The van der Waals surface area contributed by atoms with Crippen LogP contribution in [0.15, 0.2) is 49.3 Å². The van der Waals surface area contributed by atoms with Crippen molar-refractivity contribution >= 4 is 11.2 Å². The van der Waals surface area contributed by atoms with Gasteiger partial charge in [0.1, 0.15) is 17.8 Å². The van der Waals surface area contributed by atoms with E-state index >= 15 is 0 Å². The zero-order valence-corrected chi connectivity index (χ0v) is 11.2. The van der Waals surface area contributed by atoms with E-state index in [9.17, 15) is 5.11 Å². The lowest BCUT2D eigenvalue weighted by atomic mass is 10.0. The molecule has 1 N–H and O–H groups in total. The summed E-state index contributed by atoms with van der Waals surface area (Å²) in [6.07, 6.45) is 2.20. The average molecular weight is 265 g/mol. The third-order valence-electron chi connectivity index (χ3n) is 3.24. The van der Waals surface area contributed by atoms with Crippen LogP contribution in [0, 0.1) is 0 Å². The van der Waals surface area contributed by atoms with Crippen LogP contribution in [-0.2, 0) is 6.42 Å². The van der Waals surface area contributed by atoms with Gasteiger partial charge >= 0.3 is 0 Å². The number of pyridine rings is 1. The summed E-state index contributed by atoms with van der Waals surface area (Å²) in [5.74, 6) is 0.182. The van der Waals surface area contributed by atoms with Gasteiger partial charge in [0, 0.05) is 12.0 Å². The molecule has 3 aromatic rings. The Balaban J connectivity index is 2.16. The Morgan fingerprint density at radius 2 is 2.05 bits per heavy atom. The van der Waals surface area contributed by atoms with Gasteiger partial charge in [0.25, 0.3) is 0 Å². The number of hydrogen-bond donors (Lipinski definition) is 1. The number of rotatable bonds is 3. The molecule has 0 saturated heterocycles. The standard InChI is InChI=1S/C16H15N3O/c1-11(2)15-14(20)9-13(16-17-10-18-19(15)16)8-12-6-4-3-5-7-12/h3-7,9-10,20H,1,8H2,2H3. The van der Waals surface area contributed by atoms with Gasteiger partial charge in [-0.3, -0.25) is 0 Å². The van der Waals surface area contributed by atoms with Crippen molar-refractivity contribution in [3.63, 3.8) is 0 Å². The molecule has 20 heavy (non-hydrogen) atoms. The molecule has 2 aromatic heterocycles. The molecule has 0 aliphatic heterocycles. The summed E-state index contributed by atoms with van der Waals surface area (Å²) in [4.78, 5) is 4.30. The fourth-order valence-corrected chi connectivity index (χ4v) is 2.38. The van der Waals surface area contributed by atoms with E-state index < -0.39 is 0 Å². The second-order valence-electron chi connectivity index (χ2n) is 4.84. The van der Waals surface area contributed by atoms with Crippen molar-refractivity contribution in [3.05, 3.63) is 66.1 Å². The molecule has 0 aliphatic carbocycles. The molecule has 0 radical (unpaired) electrons. The first-order valence-electron chi connectivity index (χ1n) is 6.41. The highest BCUT2D eigenvalue weighted by molar-refractivity contribution is 5.68. The molecule has 2 heterocycles. The van der Waals surface area contributed by atoms with Gasteiger partial charge < -0.3 is 5.11 Å². The van der Waals surface area contributed by atoms with E-state index in [1.807, 2.05) is 25.1 Å². The average Bonchev–Trinajstić information content (AvgIpc) is 2.88. The topological polar surface area (TPSA) is 50.4 Å². The normalized spacial score (nSPS) is 10.8. The van der Waals surface area contributed by atoms with Crippen molar-refractivity contribution in [1.82, 2.24) is 14.6 Å². The van der Waals surface area contributed by atoms with E-state index in [0.29, 0.717) is 12.1 Å². The molecule has 0 aliphatic rings. The number of allylic oxidation sites excluding steroid dienone is 1. The fourth-order valence-electron chi connectivity index (χ4n) is 2.38. The molecule has 0 unspecified atom stereocenters. The second kappa shape index (κ2) is 4.81.